The number of nitrogens with one attached hydrogen (secondary N) is 1. The second kappa shape index (κ2) is 7.17. The number of hydrogen-bond acceptors (Lipinski definition) is 1. The Morgan fingerprint density at radius 3 is 2.71 bits per heavy atom. The molecule has 1 N–H and O–H groups in total. The van der Waals surface area contributed by atoms with Crippen molar-refractivity contribution in [1.29, 1.82) is 0 Å². The lowest BCUT2D eigenvalue weighted by molar-refractivity contribution is 0.0953. The van der Waals surface area contributed by atoms with E-state index in [0.717, 1.165) is 22.9 Å². The van der Waals surface area contributed by atoms with E-state index in [1.807, 2.05) is 25.1 Å². The van der Waals surface area contributed by atoms with Crippen LogP contribution in [0, 0.1) is 6.92 Å². The molecule has 0 aliphatic rings. The minimum atomic E-state index is -0.00907. The third kappa shape index (κ3) is 5.21. The number of rotatable bonds is 5. The van der Waals surface area contributed by atoms with Crippen molar-refractivity contribution >= 4 is 37.8 Å². The lowest BCUT2D eigenvalue weighted by Crippen LogP contribution is -2.26. The van der Waals surface area contributed by atoms with Crippen LogP contribution < -0.4 is 5.32 Å². The van der Waals surface area contributed by atoms with Crippen LogP contribution in [0.15, 0.2) is 22.7 Å². The molecule has 0 fully saturated rings. The summed E-state index contributed by atoms with van der Waals surface area (Å²) in [7, 11) is 0. The number of carbonyl (C=O) groups is 1. The normalized spacial score (nSPS) is 12.2. The summed E-state index contributed by atoms with van der Waals surface area (Å²) in [6, 6.07) is 5.72. The van der Waals surface area contributed by atoms with E-state index < -0.39 is 0 Å². The molecule has 0 heterocycles. The molecule has 1 atom stereocenters. The van der Waals surface area contributed by atoms with Crippen molar-refractivity contribution in [1.82, 2.24) is 5.32 Å². The zero-order chi connectivity index (χ0) is 12.8. The fraction of sp³-hybridized carbons (Fsp3) is 0.462. The molecular formula is C13H17Br2NO. The van der Waals surface area contributed by atoms with Crippen molar-refractivity contribution in [3.63, 3.8) is 0 Å². The molecule has 0 saturated heterocycles. The molecule has 1 amide bonds. The van der Waals surface area contributed by atoms with E-state index in [9.17, 15) is 4.79 Å². The highest BCUT2D eigenvalue weighted by molar-refractivity contribution is 9.10. The summed E-state index contributed by atoms with van der Waals surface area (Å²) >= 11 is 6.94. The molecule has 1 unspecified atom stereocenters. The van der Waals surface area contributed by atoms with E-state index in [4.69, 9.17) is 0 Å². The molecular weight excluding hydrogens is 346 g/mol. The van der Waals surface area contributed by atoms with Gasteiger partial charge in [0, 0.05) is 21.4 Å². The molecule has 94 valence electrons. The van der Waals surface area contributed by atoms with Crippen LogP contribution in [0.2, 0.25) is 0 Å². The van der Waals surface area contributed by atoms with Gasteiger partial charge in [0.05, 0.1) is 0 Å². The Hall–Kier alpha value is -0.350. The molecule has 0 radical (unpaired) electrons. The first-order valence-electron chi connectivity index (χ1n) is 5.72. The van der Waals surface area contributed by atoms with Crippen LogP contribution in [-0.4, -0.2) is 17.3 Å². The van der Waals surface area contributed by atoms with Gasteiger partial charge in [-0.25, -0.2) is 0 Å². The van der Waals surface area contributed by atoms with Crippen LogP contribution in [-0.2, 0) is 0 Å². The second-order valence-electron chi connectivity index (χ2n) is 4.07. The van der Waals surface area contributed by atoms with Crippen molar-refractivity contribution in [3.05, 3.63) is 33.8 Å². The van der Waals surface area contributed by atoms with Gasteiger partial charge in [0.2, 0.25) is 0 Å². The summed E-state index contributed by atoms with van der Waals surface area (Å²) in [4.78, 5) is 12.4. The monoisotopic (exact) mass is 361 g/mol. The zero-order valence-corrected chi connectivity index (χ0v) is 13.3. The Morgan fingerprint density at radius 2 is 2.12 bits per heavy atom. The van der Waals surface area contributed by atoms with Crippen LogP contribution >= 0.6 is 31.9 Å². The van der Waals surface area contributed by atoms with E-state index >= 15 is 0 Å². The van der Waals surface area contributed by atoms with Crippen LogP contribution in [0.4, 0.5) is 0 Å². The molecule has 2 nitrogen and oxygen atoms in total. The van der Waals surface area contributed by atoms with Crippen molar-refractivity contribution in [2.45, 2.75) is 31.5 Å². The molecule has 0 saturated carbocycles. The Bertz CT molecular complexity index is 373. The average Bonchev–Trinajstić information content (AvgIpc) is 2.27. The molecule has 17 heavy (non-hydrogen) atoms. The van der Waals surface area contributed by atoms with E-state index in [1.165, 1.54) is 0 Å². The molecule has 1 rings (SSSR count). The summed E-state index contributed by atoms with van der Waals surface area (Å²) in [6.07, 6.45) is 2.03. The highest BCUT2D eigenvalue weighted by Gasteiger charge is 2.07. The van der Waals surface area contributed by atoms with Gasteiger partial charge in [-0.3, -0.25) is 4.79 Å². The summed E-state index contributed by atoms with van der Waals surface area (Å²) in [6.45, 7) is 4.81. The zero-order valence-electron chi connectivity index (χ0n) is 10.1. The van der Waals surface area contributed by atoms with Gasteiger partial charge in [0.15, 0.2) is 0 Å². The maximum Gasteiger partial charge on any atom is 0.251 e. The van der Waals surface area contributed by atoms with E-state index in [-0.39, 0.29) is 5.91 Å². The minimum absolute atomic E-state index is 0.00907. The standard InChI is InChI=1S/C13H17Br2NO/c1-3-11(14)4-5-16-13(17)10-6-9(2)7-12(15)8-10/h6-8,11H,3-5H2,1-2H3,(H,16,17). The third-order valence-corrected chi connectivity index (χ3v) is 4.05. The summed E-state index contributed by atoms with van der Waals surface area (Å²) in [5.74, 6) is -0.00907. The smallest absolute Gasteiger partial charge is 0.251 e. The number of benzene rings is 1. The highest BCUT2D eigenvalue weighted by Crippen LogP contribution is 2.15. The Balaban J connectivity index is 2.52. The van der Waals surface area contributed by atoms with Crippen molar-refractivity contribution in [2.75, 3.05) is 6.54 Å². The summed E-state index contributed by atoms with van der Waals surface area (Å²) in [5.41, 5.74) is 1.79. The fourth-order valence-electron chi connectivity index (χ4n) is 1.52. The van der Waals surface area contributed by atoms with Crippen molar-refractivity contribution in [2.24, 2.45) is 0 Å². The SMILES string of the molecule is CCC(Br)CCNC(=O)c1cc(C)cc(Br)c1. The maximum atomic E-state index is 11.9. The first kappa shape index (κ1) is 14.7. The molecule has 0 spiro atoms. The van der Waals surface area contributed by atoms with E-state index in [2.05, 4.69) is 44.1 Å². The number of hydrogen-bond donors (Lipinski definition) is 1. The largest absolute Gasteiger partial charge is 0.352 e. The molecule has 0 bridgehead atoms. The summed E-state index contributed by atoms with van der Waals surface area (Å²) < 4.78 is 0.939. The van der Waals surface area contributed by atoms with Gasteiger partial charge in [-0.15, -0.1) is 0 Å². The number of alkyl halides is 1. The molecule has 0 aromatic heterocycles. The lowest BCUT2D eigenvalue weighted by Gasteiger charge is -2.09. The fourth-order valence-corrected chi connectivity index (χ4v) is 2.35. The lowest BCUT2D eigenvalue weighted by atomic mass is 10.1. The topological polar surface area (TPSA) is 29.1 Å². The predicted molar refractivity (Wildman–Crippen MR) is 78.8 cm³/mol. The van der Waals surface area contributed by atoms with Gasteiger partial charge in [-0.1, -0.05) is 38.8 Å². The van der Waals surface area contributed by atoms with Gasteiger partial charge in [0.1, 0.15) is 0 Å². The first-order chi connectivity index (χ1) is 8.02. The molecule has 4 heteroatoms. The number of aryl methyl sites for hydroxylation is 1. The van der Waals surface area contributed by atoms with Crippen LogP contribution in [0.5, 0.6) is 0 Å². The second-order valence-corrected chi connectivity index (χ2v) is 6.28. The average molecular weight is 363 g/mol. The Labute approximate surface area is 119 Å². The van der Waals surface area contributed by atoms with E-state index in [1.54, 1.807) is 0 Å². The van der Waals surface area contributed by atoms with Gasteiger partial charge < -0.3 is 5.32 Å². The van der Waals surface area contributed by atoms with Crippen molar-refractivity contribution in [3.8, 4) is 0 Å². The highest BCUT2D eigenvalue weighted by atomic mass is 79.9. The van der Waals surface area contributed by atoms with Crippen LogP contribution in [0.1, 0.15) is 35.7 Å². The number of halogens is 2. The van der Waals surface area contributed by atoms with Crippen LogP contribution in [0.3, 0.4) is 0 Å². The van der Waals surface area contributed by atoms with Gasteiger partial charge >= 0.3 is 0 Å². The van der Waals surface area contributed by atoms with Crippen molar-refractivity contribution < 1.29 is 4.79 Å². The quantitative estimate of drug-likeness (QED) is 0.786. The maximum absolute atomic E-state index is 11.9. The van der Waals surface area contributed by atoms with Gasteiger partial charge in [-0.05, 0) is 43.5 Å². The molecule has 1 aromatic carbocycles. The Kier molecular flexibility index (Phi) is 6.20. The molecule has 0 aliphatic heterocycles. The van der Waals surface area contributed by atoms with E-state index in [0.29, 0.717) is 16.9 Å². The predicted octanol–water partition coefficient (Wildman–Crippen LogP) is 4.05. The van der Waals surface area contributed by atoms with Gasteiger partial charge in [0.25, 0.3) is 5.91 Å². The molecule has 0 aliphatic carbocycles. The third-order valence-electron chi connectivity index (χ3n) is 2.49. The first-order valence-corrected chi connectivity index (χ1v) is 7.43. The Morgan fingerprint density at radius 1 is 1.41 bits per heavy atom. The number of carbonyl (C=O) groups excluding carboxylic acids is 1. The number of amides is 1. The minimum Gasteiger partial charge on any atom is -0.352 e. The van der Waals surface area contributed by atoms with Gasteiger partial charge in [-0.2, -0.15) is 0 Å². The van der Waals surface area contributed by atoms with Crippen LogP contribution in [0.25, 0.3) is 0 Å². The molecule has 1 aromatic rings. The summed E-state index contributed by atoms with van der Waals surface area (Å²) in [5, 5.41) is 2.93.